The molecule has 2 aromatic heterocycles. The number of benzene rings is 2. The highest BCUT2D eigenvalue weighted by Crippen LogP contribution is 2.30. The second-order valence-electron chi connectivity index (χ2n) is 9.79. The number of hydrogen-bond acceptors (Lipinski definition) is 6. The predicted octanol–water partition coefficient (Wildman–Crippen LogP) is 4.36. The molecule has 3 heterocycles. The summed E-state index contributed by atoms with van der Waals surface area (Å²) in [5.74, 6) is 1.45. The van der Waals surface area contributed by atoms with E-state index in [1.807, 2.05) is 41.9 Å². The van der Waals surface area contributed by atoms with Crippen molar-refractivity contribution in [2.24, 2.45) is 5.92 Å². The first-order valence-corrected chi connectivity index (χ1v) is 14.0. The number of para-hydroxylation sites is 1. The molecule has 1 fully saturated rings. The van der Waals surface area contributed by atoms with Crippen LogP contribution in [-0.2, 0) is 16.4 Å². The molecule has 0 atom stereocenters. The van der Waals surface area contributed by atoms with Gasteiger partial charge in [-0.1, -0.05) is 32.0 Å². The molecule has 37 heavy (non-hydrogen) atoms. The highest BCUT2D eigenvalue weighted by Gasteiger charge is 2.29. The van der Waals surface area contributed by atoms with Gasteiger partial charge in [0.15, 0.2) is 5.65 Å². The van der Waals surface area contributed by atoms with Gasteiger partial charge in [0, 0.05) is 32.6 Å². The van der Waals surface area contributed by atoms with Crippen LogP contribution in [0.1, 0.15) is 31.8 Å². The topological polar surface area (TPSA) is 84.2 Å². The van der Waals surface area contributed by atoms with E-state index in [1.54, 1.807) is 0 Å². The monoisotopic (exact) mass is 522 g/mol. The zero-order valence-electron chi connectivity index (χ0n) is 21.3. The maximum Gasteiger partial charge on any atom is 0.243 e. The summed E-state index contributed by atoms with van der Waals surface area (Å²) in [6.45, 7) is 8.04. The van der Waals surface area contributed by atoms with E-state index in [-0.39, 0.29) is 4.90 Å². The van der Waals surface area contributed by atoms with E-state index in [0.717, 1.165) is 40.5 Å². The second kappa shape index (κ2) is 10.2. The van der Waals surface area contributed by atoms with Crippen LogP contribution in [0.5, 0.6) is 0 Å². The Hall–Kier alpha value is -3.37. The van der Waals surface area contributed by atoms with E-state index in [2.05, 4.69) is 18.7 Å². The van der Waals surface area contributed by atoms with E-state index in [1.165, 1.54) is 28.6 Å². The lowest BCUT2D eigenvalue weighted by molar-refractivity contribution is 0.433. The van der Waals surface area contributed by atoms with Crippen LogP contribution < -0.4 is 4.90 Å². The summed E-state index contributed by atoms with van der Waals surface area (Å²) >= 11 is 0. The molecule has 0 amide bonds. The van der Waals surface area contributed by atoms with Gasteiger partial charge in [0.05, 0.1) is 21.7 Å². The molecule has 4 aromatic rings. The molecule has 8 nitrogen and oxygen atoms in total. The Morgan fingerprint density at radius 3 is 2.38 bits per heavy atom. The molecule has 0 bridgehead atoms. The van der Waals surface area contributed by atoms with Crippen molar-refractivity contribution in [2.45, 2.75) is 38.5 Å². The van der Waals surface area contributed by atoms with Crippen molar-refractivity contribution in [3.8, 4) is 5.69 Å². The molecule has 5 rings (SSSR count). The van der Waals surface area contributed by atoms with Crippen LogP contribution in [0.4, 0.5) is 10.2 Å². The van der Waals surface area contributed by atoms with Gasteiger partial charge >= 0.3 is 0 Å². The van der Waals surface area contributed by atoms with Gasteiger partial charge in [0.2, 0.25) is 10.0 Å². The van der Waals surface area contributed by atoms with E-state index < -0.39 is 15.8 Å². The van der Waals surface area contributed by atoms with Gasteiger partial charge in [-0.15, -0.1) is 0 Å². The molecule has 1 aliphatic rings. The normalized spacial score (nSPS) is 15.4. The minimum atomic E-state index is -3.72. The number of halogens is 1. The second-order valence-corrected chi connectivity index (χ2v) is 11.7. The van der Waals surface area contributed by atoms with Crippen LogP contribution in [0.25, 0.3) is 16.7 Å². The molecule has 0 spiro atoms. The molecular weight excluding hydrogens is 491 g/mol. The van der Waals surface area contributed by atoms with Gasteiger partial charge in [0.25, 0.3) is 0 Å². The van der Waals surface area contributed by atoms with Crippen LogP contribution in [0.15, 0.2) is 59.5 Å². The molecule has 10 heteroatoms. The Labute approximate surface area is 216 Å². The van der Waals surface area contributed by atoms with Crippen molar-refractivity contribution in [1.82, 2.24) is 24.1 Å². The Balaban J connectivity index is 1.52. The van der Waals surface area contributed by atoms with Crippen molar-refractivity contribution >= 4 is 26.9 Å². The lowest BCUT2D eigenvalue weighted by Gasteiger charge is -2.24. The van der Waals surface area contributed by atoms with Crippen LogP contribution in [0, 0.1) is 18.7 Å². The Morgan fingerprint density at radius 2 is 1.68 bits per heavy atom. The number of nitrogens with zero attached hydrogens (tertiary/aromatic N) is 6. The van der Waals surface area contributed by atoms with Crippen LogP contribution in [0.3, 0.4) is 0 Å². The summed E-state index contributed by atoms with van der Waals surface area (Å²) < 4.78 is 43.2. The number of fused-ring (bicyclic) bond motifs is 1. The van der Waals surface area contributed by atoms with Gasteiger partial charge in [0.1, 0.15) is 17.5 Å². The third-order valence-electron chi connectivity index (χ3n) is 6.53. The van der Waals surface area contributed by atoms with Crippen molar-refractivity contribution < 1.29 is 12.8 Å². The minimum absolute atomic E-state index is 0.103. The van der Waals surface area contributed by atoms with Gasteiger partial charge in [-0.3, -0.25) is 0 Å². The zero-order chi connectivity index (χ0) is 26.2. The van der Waals surface area contributed by atoms with Crippen molar-refractivity contribution in [2.75, 3.05) is 31.1 Å². The van der Waals surface area contributed by atoms with E-state index in [9.17, 15) is 12.8 Å². The number of anilines is 1. The molecule has 0 unspecified atom stereocenters. The molecule has 2 aromatic carbocycles. The summed E-state index contributed by atoms with van der Waals surface area (Å²) in [6.07, 6.45) is 1.36. The molecular formula is C27H31FN6O2S. The number of aryl methyl sites for hydroxylation is 1. The third kappa shape index (κ3) is 5.08. The van der Waals surface area contributed by atoms with Crippen molar-refractivity contribution in [3.05, 3.63) is 71.9 Å². The van der Waals surface area contributed by atoms with E-state index in [0.29, 0.717) is 38.5 Å². The quantitative estimate of drug-likeness (QED) is 0.374. The fourth-order valence-electron chi connectivity index (χ4n) is 4.74. The van der Waals surface area contributed by atoms with E-state index in [4.69, 9.17) is 15.1 Å². The molecule has 194 valence electrons. The highest BCUT2D eigenvalue weighted by molar-refractivity contribution is 7.89. The lowest BCUT2D eigenvalue weighted by atomic mass is 10.1. The van der Waals surface area contributed by atoms with Gasteiger partial charge in [-0.2, -0.15) is 9.40 Å². The highest BCUT2D eigenvalue weighted by atomic mass is 32.2. The largest absolute Gasteiger partial charge is 0.355 e. The maximum atomic E-state index is 13.4. The summed E-state index contributed by atoms with van der Waals surface area (Å²) in [5.41, 5.74) is 2.50. The smallest absolute Gasteiger partial charge is 0.243 e. The van der Waals surface area contributed by atoms with E-state index >= 15 is 0 Å². The average Bonchev–Trinajstić information content (AvgIpc) is 3.04. The van der Waals surface area contributed by atoms with Gasteiger partial charge in [-0.25, -0.2) is 27.5 Å². The molecule has 0 saturated carbocycles. The average molecular weight is 523 g/mol. The Kier molecular flexibility index (Phi) is 6.96. The van der Waals surface area contributed by atoms with Gasteiger partial charge in [-0.05, 0) is 55.7 Å². The molecule has 0 N–H and O–H groups in total. The first-order valence-electron chi connectivity index (χ1n) is 12.6. The number of sulfonamides is 1. The number of aromatic nitrogens is 4. The zero-order valence-corrected chi connectivity index (χ0v) is 22.1. The molecule has 0 radical (unpaired) electrons. The Bertz CT molecular complexity index is 1500. The van der Waals surface area contributed by atoms with Gasteiger partial charge < -0.3 is 4.90 Å². The fraction of sp³-hybridized carbons (Fsp3) is 0.370. The van der Waals surface area contributed by atoms with Crippen LogP contribution in [0.2, 0.25) is 0 Å². The number of rotatable bonds is 6. The summed E-state index contributed by atoms with van der Waals surface area (Å²) in [5, 5.41) is 5.69. The standard InChI is InChI=1S/C27H31FN6O2S/c1-19(2)18-24-29-26(25-20(3)31-34(27(25)30-24)22-8-5-4-6-9-22)32-14-7-15-33(17-16-32)37(35,36)23-12-10-21(28)11-13-23/h4-6,8-13,19H,7,14-18H2,1-3H3. The first-order chi connectivity index (χ1) is 17.7. The minimum Gasteiger partial charge on any atom is -0.355 e. The predicted molar refractivity (Wildman–Crippen MR) is 142 cm³/mol. The first kappa shape index (κ1) is 25.3. The van der Waals surface area contributed by atoms with Crippen molar-refractivity contribution in [3.63, 3.8) is 0 Å². The molecule has 1 saturated heterocycles. The summed E-state index contributed by atoms with van der Waals surface area (Å²) in [6, 6.07) is 14.9. The fourth-order valence-corrected chi connectivity index (χ4v) is 6.21. The molecule has 1 aliphatic heterocycles. The maximum absolute atomic E-state index is 13.4. The van der Waals surface area contributed by atoms with Crippen molar-refractivity contribution in [1.29, 1.82) is 0 Å². The van der Waals surface area contributed by atoms with Crippen LogP contribution >= 0.6 is 0 Å². The molecule has 0 aliphatic carbocycles. The SMILES string of the molecule is Cc1nn(-c2ccccc2)c2nc(CC(C)C)nc(N3CCCN(S(=O)(=O)c4ccc(F)cc4)CC3)c12. The lowest BCUT2D eigenvalue weighted by Crippen LogP contribution is -2.35. The summed E-state index contributed by atoms with van der Waals surface area (Å²) in [4.78, 5) is 12.2. The summed E-state index contributed by atoms with van der Waals surface area (Å²) in [7, 11) is -3.72. The van der Waals surface area contributed by atoms with Crippen LogP contribution in [-0.4, -0.2) is 58.7 Å². The third-order valence-corrected chi connectivity index (χ3v) is 8.44. The number of hydrogen-bond donors (Lipinski definition) is 0. The Morgan fingerprint density at radius 1 is 0.946 bits per heavy atom.